The van der Waals surface area contributed by atoms with Crippen LogP contribution in [0, 0.1) is 15.9 Å². The van der Waals surface area contributed by atoms with Gasteiger partial charge in [0.15, 0.2) is 0 Å². The summed E-state index contributed by atoms with van der Waals surface area (Å²) in [6.07, 6.45) is 5.89. The van der Waals surface area contributed by atoms with Crippen LogP contribution in [0.4, 0.5) is 0 Å². The van der Waals surface area contributed by atoms with Crippen LogP contribution in [-0.2, 0) is 6.42 Å². The average Bonchev–Trinajstić information content (AvgIpc) is 2.09. The quantitative estimate of drug-likeness (QED) is 0.593. The van der Waals surface area contributed by atoms with Crippen molar-refractivity contribution in [2.75, 3.05) is 7.11 Å². The minimum Gasteiger partial charge on any atom is -0.497 e. The normalized spacial score (nSPS) is 9.08. The van der Waals surface area contributed by atoms with Crippen molar-refractivity contribution in [3.05, 3.63) is 27.3 Å². The monoisotopic (exact) mass is 272 g/mol. The smallest absolute Gasteiger partial charge is 0.119 e. The number of ether oxygens (including phenoxy) is 1. The summed E-state index contributed by atoms with van der Waals surface area (Å²) < 4.78 is 6.27. The summed E-state index contributed by atoms with van der Waals surface area (Å²) in [4.78, 5) is 0. The van der Waals surface area contributed by atoms with Gasteiger partial charge >= 0.3 is 0 Å². The van der Waals surface area contributed by atoms with Crippen LogP contribution in [0.2, 0.25) is 0 Å². The Balaban J connectivity index is 3.01. The lowest BCUT2D eigenvalue weighted by Crippen LogP contribution is -1.89. The average molecular weight is 272 g/mol. The van der Waals surface area contributed by atoms with E-state index in [1.807, 2.05) is 18.2 Å². The fourth-order valence-corrected chi connectivity index (χ4v) is 1.45. The molecule has 0 atom stereocenters. The van der Waals surface area contributed by atoms with Crippen molar-refractivity contribution in [2.45, 2.75) is 6.42 Å². The molecule has 0 amide bonds. The first kappa shape index (κ1) is 9.40. The minimum atomic E-state index is 0.662. The van der Waals surface area contributed by atoms with Crippen molar-refractivity contribution < 1.29 is 4.74 Å². The van der Waals surface area contributed by atoms with Crippen molar-refractivity contribution >= 4 is 22.6 Å². The Bertz CT molecular complexity index is 312. The lowest BCUT2D eigenvalue weighted by molar-refractivity contribution is 0.414. The number of halogens is 1. The van der Waals surface area contributed by atoms with Gasteiger partial charge in [0.25, 0.3) is 0 Å². The lowest BCUT2D eigenvalue weighted by atomic mass is 10.1. The highest BCUT2D eigenvalue weighted by Crippen LogP contribution is 2.19. The van der Waals surface area contributed by atoms with E-state index in [2.05, 4.69) is 28.5 Å². The molecule has 1 aromatic rings. The summed E-state index contributed by atoms with van der Waals surface area (Å²) in [6, 6.07) is 5.91. The minimum absolute atomic E-state index is 0.662. The molecule has 0 N–H and O–H groups in total. The van der Waals surface area contributed by atoms with Crippen LogP contribution in [0.3, 0.4) is 0 Å². The van der Waals surface area contributed by atoms with Gasteiger partial charge in [-0.25, -0.2) is 0 Å². The van der Waals surface area contributed by atoms with Crippen molar-refractivity contribution in [3.63, 3.8) is 0 Å². The fourth-order valence-electron chi connectivity index (χ4n) is 0.924. The van der Waals surface area contributed by atoms with Gasteiger partial charge in [0.05, 0.1) is 7.11 Å². The number of hydrogen-bond donors (Lipinski definition) is 0. The molecule has 0 aromatic heterocycles. The fraction of sp³-hybridized carbons (Fsp3) is 0.200. The molecular weight excluding hydrogens is 263 g/mol. The molecule has 12 heavy (non-hydrogen) atoms. The van der Waals surface area contributed by atoms with E-state index in [9.17, 15) is 0 Å². The van der Waals surface area contributed by atoms with Crippen molar-refractivity contribution in [2.24, 2.45) is 0 Å². The summed E-state index contributed by atoms with van der Waals surface area (Å²) >= 11 is 2.27. The Hall–Kier alpha value is -0.690. The number of rotatable bonds is 2. The Kier molecular flexibility index (Phi) is 3.42. The van der Waals surface area contributed by atoms with Gasteiger partial charge in [0.2, 0.25) is 0 Å². The summed E-state index contributed by atoms with van der Waals surface area (Å²) in [5.74, 6) is 3.48. The largest absolute Gasteiger partial charge is 0.497 e. The third kappa shape index (κ3) is 2.15. The molecule has 2 heteroatoms. The second-order valence-corrected chi connectivity index (χ2v) is 3.50. The van der Waals surface area contributed by atoms with Crippen LogP contribution in [-0.4, -0.2) is 7.11 Å². The van der Waals surface area contributed by atoms with Crippen molar-refractivity contribution in [1.29, 1.82) is 0 Å². The molecule has 0 saturated heterocycles. The van der Waals surface area contributed by atoms with Crippen LogP contribution in [0.5, 0.6) is 5.75 Å². The first-order chi connectivity index (χ1) is 5.77. The predicted molar refractivity (Wildman–Crippen MR) is 58.2 cm³/mol. The molecular formula is C10H9IO. The van der Waals surface area contributed by atoms with E-state index in [1.54, 1.807) is 7.11 Å². The highest BCUT2D eigenvalue weighted by molar-refractivity contribution is 14.1. The molecule has 0 radical (unpaired) electrons. The van der Waals surface area contributed by atoms with Crippen LogP contribution in [0.25, 0.3) is 0 Å². The topological polar surface area (TPSA) is 9.23 Å². The zero-order valence-electron chi connectivity index (χ0n) is 6.80. The van der Waals surface area contributed by atoms with E-state index in [0.29, 0.717) is 6.42 Å². The molecule has 0 unspecified atom stereocenters. The van der Waals surface area contributed by atoms with Gasteiger partial charge < -0.3 is 4.74 Å². The standard InChI is InChI=1S/C10H9IO/c1-3-4-8-7-9(12-2)5-6-10(8)11/h1,5-7H,4H2,2H3. The van der Waals surface area contributed by atoms with Gasteiger partial charge in [-0.05, 0) is 46.4 Å². The van der Waals surface area contributed by atoms with E-state index >= 15 is 0 Å². The molecule has 0 fully saturated rings. The first-order valence-electron chi connectivity index (χ1n) is 3.54. The zero-order chi connectivity index (χ0) is 8.97. The number of hydrogen-bond acceptors (Lipinski definition) is 1. The summed E-state index contributed by atoms with van der Waals surface area (Å²) in [7, 11) is 1.65. The molecule has 0 aliphatic heterocycles. The zero-order valence-corrected chi connectivity index (χ0v) is 8.96. The molecule has 1 aromatic carbocycles. The number of terminal acetylenes is 1. The van der Waals surface area contributed by atoms with Crippen molar-refractivity contribution in [1.82, 2.24) is 0 Å². The summed E-state index contributed by atoms with van der Waals surface area (Å²) in [6.45, 7) is 0. The van der Waals surface area contributed by atoms with Crippen molar-refractivity contribution in [3.8, 4) is 18.1 Å². The van der Waals surface area contributed by atoms with E-state index in [4.69, 9.17) is 11.2 Å². The van der Waals surface area contributed by atoms with Crippen LogP contribution in [0.15, 0.2) is 18.2 Å². The Labute approximate surface area is 86.3 Å². The maximum Gasteiger partial charge on any atom is 0.119 e. The maximum atomic E-state index is 5.23. The van der Waals surface area contributed by atoms with Gasteiger partial charge in [0, 0.05) is 9.99 Å². The molecule has 0 heterocycles. The third-order valence-electron chi connectivity index (χ3n) is 1.55. The predicted octanol–water partition coefficient (Wildman–Crippen LogP) is 2.48. The molecule has 0 bridgehead atoms. The summed E-state index contributed by atoms with van der Waals surface area (Å²) in [5.41, 5.74) is 1.15. The van der Waals surface area contributed by atoms with E-state index in [1.165, 1.54) is 3.57 Å². The number of benzene rings is 1. The van der Waals surface area contributed by atoms with Gasteiger partial charge in [-0.15, -0.1) is 12.3 Å². The molecule has 0 aliphatic carbocycles. The molecule has 0 aliphatic rings. The van der Waals surface area contributed by atoms with Gasteiger partial charge in [0.1, 0.15) is 5.75 Å². The van der Waals surface area contributed by atoms with E-state index in [-0.39, 0.29) is 0 Å². The Morgan fingerprint density at radius 3 is 2.92 bits per heavy atom. The molecule has 0 saturated carbocycles. The maximum absolute atomic E-state index is 5.23. The second kappa shape index (κ2) is 4.36. The molecule has 1 nitrogen and oxygen atoms in total. The highest BCUT2D eigenvalue weighted by atomic mass is 127. The summed E-state index contributed by atoms with van der Waals surface area (Å²) in [5, 5.41) is 0. The molecule has 1 rings (SSSR count). The van der Waals surface area contributed by atoms with E-state index < -0.39 is 0 Å². The molecule has 0 spiro atoms. The molecule has 62 valence electrons. The Morgan fingerprint density at radius 2 is 2.33 bits per heavy atom. The third-order valence-corrected chi connectivity index (χ3v) is 2.60. The van der Waals surface area contributed by atoms with Gasteiger partial charge in [-0.3, -0.25) is 0 Å². The van der Waals surface area contributed by atoms with E-state index in [0.717, 1.165) is 11.3 Å². The first-order valence-corrected chi connectivity index (χ1v) is 4.61. The van der Waals surface area contributed by atoms with Crippen LogP contribution in [0.1, 0.15) is 5.56 Å². The number of methoxy groups -OCH3 is 1. The van der Waals surface area contributed by atoms with Crippen LogP contribution < -0.4 is 4.74 Å². The second-order valence-electron chi connectivity index (χ2n) is 2.34. The SMILES string of the molecule is C#CCc1cc(OC)ccc1I. The lowest BCUT2D eigenvalue weighted by Gasteiger charge is -2.03. The van der Waals surface area contributed by atoms with Gasteiger partial charge in [-0.2, -0.15) is 0 Å². The Morgan fingerprint density at radius 1 is 1.58 bits per heavy atom. The van der Waals surface area contributed by atoms with Crippen LogP contribution >= 0.6 is 22.6 Å². The highest BCUT2D eigenvalue weighted by Gasteiger charge is 1.99. The van der Waals surface area contributed by atoms with Gasteiger partial charge in [-0.1, -0.05) is 0 Å².